The van der Waals surface area contributed by atoms with E-state index in [2.05, 4.69) is 5.10 Å². The molecule has 0 amide bonds. The quantitative estimate of drug-likeness (QED) is 0.875. The van der Waals surface area contributed by atoms with Crippen molar-refractivity contribution >= 4 is 6.09 Å². The summed E-state index contributed by atoms with van der Waals surface area (Å²) in [5.74, 6) is 0.204. The second-order valence-corrected chi connectivity index (χ2v) is 5.62. The Labute approximate surface area is 129 Å². The van der Waals surface area contributed by atoms with Gasteiger partial charge in [0.25, 0.3) is 0 Å². The van der Waals surface area contributed by atoms with Crippen LogP contribution in [0.15, 0.2) is 24.3 Å². The minimum Gasteiger partial charge on any atom is -0.508 e. The van der Waals surface area contributed by atoms with Gasteiger partial charge in [-0.3, -0.25) is 0 Å². The van der Waals surface area contributed by atoms with E-state index in [1.54, 1.807) is 12.1 Å². The number of hydrogen-bond acceptors (Lipinski definition) is 4. The molecule has 1 aliphatic carbocycles. The van der Waals surface area contributed by atoms with Crippen LogP contribution in [0, 0.1) is 0 Å². The zero-order chi connectivity index (χ0) is 15.5. The predicted octanol–water partition coefficient (Wildman–Crippen LogP) is 3.53. The summed E-state index contributed by atoms with van der Waals surface area (Å²) in [6.07, 6.45) is 5.95. The van der Waals surface area contributed by atoms with Gasteiger partial charge in [0.15, 0.2) is 0 Å². The molecule has 22 heavy (non-hydrogen) atoms. The number of methoxy groups -OCH3 is 1. The van der Waals surface area contributed by atoms with E-state index in [1.165, 1.54) is 24.6 Å². The number of carbonyl (C=O) groups is 1. The molecule has 0 atom stereocenters. The van der Waals surface area contributed by atoms with Crippen molar-refractivity contribution in [2.45, 2.75) is 38.5 Å². The highest BCUT2D eigenvalue weighted by molar-refractivity contribution is 5.79. The van der Waals surface area contributed by atoms with Crippen LogP contribution in [0.2, 0.25) is 0 Å². The molecule has 0 saturated heterocycles. The molecule has 1 aromatic heterocycles. The minimum absolute atomic E-state index is 0.204. The molecule has 0 spiro atoms. The van der Waals surface area contributed by atoms with E-state index in [9.17, 15) is 9.90 Å². The van der Waals surface area contributed by atoms with E-state index in [4.69, 9.17) is 4.74 Å². The number of rotatable bonds is 1. The molecule has 0 unspecified atom stereocenters. The lowest BCUT2D eigenvalue weighted by Gasteiger charge is -2.11. The number of aromatic hydroxyl groups is 1. The zero-order valence-electron chi connectivity index (χ0n) is 12.7. The first-order valence-corrected chi connectivity index (χ1v) is 7.69. The minimum atomic E-state index is -0.477. The number of hydrogen-bond donors (Lipinski definition) is 1. The molecular formula is C17H20N2O3. The van der Waals surface area contributed by atoms with E-state index in [-0.39, 0.29) is 5.75 Å². The lowest BCUT2D eigenvalue weighted by molar-refractivity contribution is 0.169. The lowest BCUT2D eigenvalue weighted by Crippen LogP contribution is -2.14. The molecule has 0 fully saturated rings. The van der Waals surface area contributed by atoms with Gasteiger partial charge in [-0.25, -0.2) is 4.79 Å². The van der Waals surface area contributed by atoms with Crippen LogP contribution in [0.4, 0.5) is 4.79 Å². The third-order valence-corrected chi connectivity index (χ3v) is 4.15. The van der Waals surface area contributed by atoms with Crippen LogP contribution in [0.5, 0.6) is 5.75 Å². The summed E-state index contributed by atoms with van der Waals surface area (Å²) in [5, 5.41) is 14.0. The summed E-state index contributed by atoms with van der Waals surface area (Å²) in [5.41, 5.74) is 3.80. The van der Waals surface area contributed by atoms with E-state index in [0.29, 0.717) is 0 Å². The summed E-state index contributed by atoms with van der Waals surface area (Å²) in [7, 11) is 1.36. The molecule has 0 aliphatic heterocycles. The van der Waals surface area contributed by atoms with Gasteiger partial charge in [-0.05, 0) is 49.9 Å². The van der Waals surface area contributed by atoms with Gasteiger partial charge in [-0.2, -0.15) is 9.78 Å². The number of fused-ring (bicyclic) bond motifs is 1. The molecule has 5 heteroatoms. The number of phenols is 1. The van der Waals surface area contributed by atoms with Crippen molar-refractivity contribution in [2.24, 2.45) is 0 Å². The fourth-order valence-corrected chi connectivity index (χ4v) is 3.04. The number of nitrogens with zero attached hydrogens (tertiary/aromatic N) is 2. The van der Waals surface area contributed by atoms with E-state index in [0.717, 1.165) is 48.2 Å². The fourth-order valence-electron chi connectivity index (χ4n) is 3.04. The van der Waals surface area contributed by atoms with Gasteiger partial charge in [0.2, 0.25) is 0 Å². The van der Waals surface area contributed by atoms with E-state index >= 15 is 0 Å². The topological polar surface area (TPSA) is 64.4 Å². The maximum atomic E-state index is 12.1. The third kappa shape index (κ3) is 2.71. The van der Waals surface area contributed by atoms with Crippen molar-refractivity contribution in [1.29, 1.82) is 0 Å². The molecule has 2 aromatic rings. The number of aryl methyl sites for hydroxylation is 1. The molecule has 0 bridgehead atoms. The van der Waals surface area contributed by atoms with Crippen LogP contribution in [-0.2, 0) is 17.6 Å². The van der Waals surface area contributed by atoms with Crippen LogP contribution in [0.1, 0.15) is 36.9 Å². The van der Waals surface area contributed by atoms with Crippen LogP contribution < -0.4 is 0 Å². The van der Waals surface area contributed by atoms with Gasteiger partial charge < -0.3 is 9.84 Å². The Kier molecular flexibility index (Phi) is 4.13. The van der Waals surface area contributed by atoms with Crippen molar-refractivity contribution in [3.8, 4) is 17.0 Å². The van der Waals surface area contributed by atoms with E-state index < -0.39 is 6.09 Å². The van der Waals surface area contributed by atoms with Crippen molar-refractivity contribution in [3.63, 3.8) is 0 Å². The molecular weight excluding hydrogens is 280 g/mol. The highest BCUT2D eigenvalue weighted by Gasteiger charge is 2.23. The molecule has 0 radical (unpaired) electrons. The van der Waals surface area contributed by atoms with Crippen LogP contribution in [0.3, 0.4) is 0 Å². The summed E-state index contributed by atoms with van der Waals surface area (Å²) in [4.78, 5) is 12.1. The summed E-state index contributed by atoms with van der Waals surface area (Å²) < 4.78 is 6.24. The molecule has 0 saturated carbocycles. The first-order valence-electron chi connectivity index (χ1n) is 7.69. The summed E-state index contributed by atoms with van der Waals surface area (Å²) in [6, 6.07) is 6.87. The van der Waals surface area contributed by atoms with Crippen molar-refractivity contribution < 1.29 is 14.6 Å². The Hall–Kier alpha value is -2.30. The number of ether oxygens (including phenoxy) is 1. The standard InChI is InChI=1S/C17H20N2O3/c1-22-17(21)19-16(12-8-10-13(20)11-9-12)14-6-4-2-3-5-7-15(14)18-19/h8-11,20H,2-7H2,1H3. The smallest absolute Gasteiger partial charge is 0.434 e. The van der Waals surface area contributed by atoms with Crippen molar-refractivity contribution in [1.82, 2.24) is 9.78 Å². The van der Waals surface area contributed by atoms with Gasteiger partial charge in [0, 0.05) is 11.1 Å². The highest BCUT2D eigenvalue weighted by Crippen LogP contribution is 2.31. The first-order chi connectivity index (χ1) is 10.7. The maximum Gasteiger partial charge on any atom is 0.434 e. The average molecular weight is 300 g/mol. The second-order valence-electron chi connectivity index (χ2n) is 5.62. The summed E-state index contributed by atoms with van der Waals surface area (Å²) in [6.45, 7) is 0. The molecule has 1 heterocycles. The normalized spacial score (nSPS) is 14.8. The number of benzene rings is 1. The Bertz CT molecular complexity index is 674. The molecule has 1 aromatic carbocycles. The largest absolute Gasteiger partial charge is 0.508 e. The van der Waals surface area contributed by atoms with Gasteiger partial charge >= 0.3 is 6.09 Å². The maximum absolute atomic E-state index is 12.1. The third-order valence-electron chi connectivity index (χ3n) is 4.15. The Morgan fingerprint density at radius 1 is 1.14 bits per heavy atom. The van der Waals surface area contributed by atoms with Crippen LogP contribution in [0.25, 0.3) is 11.3 Å². The fraction of sp³-hybridized carbons (Fsp3) is 0.412. The average Bonchev–Trinajstić information content (AvgIpc) is 2.85. The number of aromatic nitrogens is 2. The van der Waals surface area contributed by atoms with E-state index in [1.807, 2.05) is 12.1 Å². The van der Waals surface area contributed by atoms with Crippen LogP contribution >= 0.6 is 0 Å². The molecule has 3 rings (SSSR count). The number of carbonyl (C=O) groups excluding carboxylic acids is 1. The first kappa shape index (κ1) is 14.6. The van der Waals surface area contributed by atoms with Gasteiger partial charge in [0.1, 0.15) is 5.75 Å². The summed E-state index contributed by atoms with van der Waals surface area (Å²) >= 11 is 0. The monoisotopic (exact) mass is 300 g/mol. The molecule has 5 nitrogen and oxygen atoms in total. The molecule has 1 N–H and O–H groups in total. The van der Waals surface area contributed by atoms with Crippen LogP contribution in [-0.4, -0.2) is 28.1 Å². The number of phenolic OH excluding ortho intramolecular Hbond substituents is 1. The predicted molar refractivity (Wildman–Crippen MR) is 83.0 cm³/mol. The highest BCUT2D eigenvalue weighted by atomic mass is 16.5. The SMILES string of the molecule is COC(=O)n1nc2c(c1-c1ccc(O)cc1)CCCCCC2. The Balaban J connectivity index is 2.15. The van der Waals surface area contributed by atoms with Crippen molar-refractivity contribution in [2.75, 3.05) is 7.11 Å². The lowest BCUT2D eigenvalue weighted by atomic mass is 9.95. The Morgan fingerprint density at radius 2 is 1.82 bits per heavy atom. The van der Waals surface area contributed by atoms with Gasteiger partial charge in [-0.15, -0.1) is 0 Å². The Morgan fingerprint density at radius 3 is 2.50 bits per heavy atom. The second kappa shape index (κ2) is 6.22. The van der Waals surface area contributed by atoms with Gasteiger partial charge in [0.05, 0.1) is 18.5 Å². The molecule has 1 aliphatic rings. The zero-order valence-corrected chi connectivity index (χ0v) is 12.7. The van der Waals surface area contributed by atoms with Crippen molar-refractivity contribution in [3.05, 3.63) is 35.5 Å². The van der Waals surface area contributed by atoms with Gasteiger partial charge in [-0.1, -0.05) is 12.8 Å². The molecule has 116 valence electrons.